The number of nitrogens with one attached hydrogen (secondary N) is 1. The molecule has 1 aromatic heterocycles. The van der Waals surface area contributed by atoms with E-state index in [1.165, 1.54) is 12.3 Å². The second-order valence-electron chi connectivity index (χ2n) is 5.51. The highest BCUT2D eigenvalue weighted by atomic mass is 19.1. The number of ether oxygens (including phenoxy) is 1. The molecule has 0 radical (unpaired) electrons. The first kappa shape index (κ1) is 17.2. The average molecular weight is 349 g/mol. The lowest BCUT2D eigenvalue weighted by Crippen LogP contribution is -2.34. The number of anilines is 1. The summed E-state index contributed by atoms with van der Waals surface area (Å²) in [5.41, 5.74) is -0.435. The summed E-state index contributed by atoms with van der Waals surface area (Å²) in [5.74, 6) is -0.426. The molecule has 2 aromatic rings. The van der Waals surface area contributed by atoms with Crippen LogP contribution < -0.4 is 11.0 Å². The van der Waals surface area contributed by atoms with Crippen molar-refractivity contribution in [3.8, 4) is 0 Å². The van der Waals surface area contributed by atoms with Gasteiger partial charge in [-0.15, -0.1) is 0 Å². The maximum Gasteiger partial charge on any atom is 0.351 e. The Kier molecular flexibility index (Phi) is 4.88. The molecule has 2 heterocycles. The standard InChI is InChI=1S/C16H16FN3O5/c17-12-10(8-21)25-15(13(12)22)20-7-6-11(19-16(20)24)18-14(23)9-4-2-1-3-5-9/h1-7,10,12-13,15,21-22H,8H2,(H,18,19,23,24)/t10-,12-,13-,15-/m1/s1. The van der Waals surface area contributed by atoms with Crippen LogP contribution in [0.25, 0.3) is 0 Å². The molecule has 3 rings (SSSR count). The quantitative estimate of drug-likeness (QED) is 0.721. The number of rotatable bonds is 4. The van der Waals surface area contributed by atoms with Crippen LogP contribution in [-0.4, -0.2) is 50.7 Å². The summed E-state index contributed by atoms with van der Waals surface area (Å²) in [6.45, 7) is -0.623. The third kappa shape index (κ3) is 3.43. The first-order valence-corrected chi connectivity index (χ1v) is 7.55. The molecule has 1 aliphatic rings. The molecule has 1 fully saturated rings. The fourth-order valence-electron chi connectivity index (χ4n) is 2.54. The van der Waals surface area contributed by atoms with Gasteiger partial charge >= 0.3 is 5.69 Å². The first-order valence-electron chi connectivity index (χ1n) is 7.55. The third-order valence-corrected chi connectivity index (χ3v) is 3.85. The van der Waals surface area contributed by atoms with Crippen molar-refractivity contribution in [1.29, 1.82) is 0 Å². The zero-order chi connectivity index (χ0) is 18.0. The number of aliphatic hydroxyl groups is 2. The van der Waals surface area contributed by atoms with E-state index in [-0.39, 0.29) is 5.82 Å². The van der Waals surface area contributed by atoms with Gasteiger partial charge < -0.3 is 20.3 Å². The van der Waals surface area contributed by atoms with Crippen LogP contribution in [0.1, 0.15) is 16.6 Å². The number of hydrogen-bond donors (Lipinski definition) is 3. The molecule has 0 saturated carbocycles. The molecule has 25 heavy (non-hydrogen) atoms. The molecule has 3 N–H and O–H groups in total. The van der Waals surface area contributed by atoms with Crippen molar-refractivity contribution in [3.05, 3.63) is 58.6 Å². The molecule has 0 bridgehead atoms. The molecule has 0 spiro atoms. The summed E-state index contributed by atoms with van der Waals surface area (Å²) < 4.78 is 19.8. The van der Waals surface area contributed by atoms with E-state index >= 15 is 0 Å². The van der Waals surface area contributed by atoms with Gasteiger partial charge in [-0.1, -0.05) is 18.2 Å². The number of carbonyl (C=O) groups is 1. The average Bonchev–Trinajstić information content (AvgIpc) is 2.91. The molecule has 1 aromatic carbocycles. The van der Waals surface area contributed by atoms with Crippen molar-refractivity contribution in [2.45, 2.75) is 24.6 Å². The fourth-order valence-corrected chi connectivity index (χ4v) is 2.54. The predicted molar refractivity (Wildman–Crippen MR) is 84.8 cm³/mol. The Morgan fingerprint density at radius 2 is 2.04 bits per heavy atom. The molecule has 132 valence electrons. The zero-order valence-corrected chi connectivity index (χ0v) is 12.9. The number of carbonyl (C=O) groups excluding carboxylic acids is 1. The second kappa shape index (κ2) is 7.09. The summed E-state index contributed by atoms with van der Waals surface area (Å²) in [5, 5.41) is 21.3. The van der Waals surface area contributed by atoms with Crippen LogP contribution >= 0.6 is 0 Å². The molecular weight excluding hydrogens is 333 g/mol. The highest BCUT2D eigenvalue weighted by molar-refractivity contribution is 6.03. The van der Waals surface area contributed by atoms with Gasteiger partial charge in [0.25, 0.3) is 5.91 Å². The predicted octanol–water partition coefficient (Wildman–Crippen LogP) is 0.0843. The van der Waals surface area contributed by atoms with Gasteiger partial charge in [0.2, 0.25) is 0 Å². The molecular formula is C16H16FN3O5. The number of halogens is 1. The van der Waals surface area contributed by atoms with E-state index in [0.717, 1.165) is 4.57 Å². The van der Waals surface area contributed by atoms with E-state index in [0.29, 0.717) is 5.56 Å². The van der Waals surface area contributed by atoms with Gasteiger partial charge in [0.05, 0.1) is 6.61 Å². The Labute approximate surface area is 141 Å². The van der Waals surface area contributed by atoms with Gasteiger partial charge in [-0.25, -0.2) is 9.18 Å². The first-order chi connectivity index (χ1) is 12.0. The van der Waals surface area contributed by atoms with E-state index in [1.54, 1.807) is 30.3 Å². The number of benzene rings is 1. The number of amides is 1. The Morgan fingerprint density at radius 1 is 1.32 bits per heavy atom. The van der Waals surface area contributed by atoms with Crippen LogP contribution in [0.2, 0.25) is 0 Å². The van der Waals surface area contributed by atoms with Gasteiger partial charge in [-0.2, -0.15) is 4.98 Å². The molecule has 1 saturated heterocycles. The normalized spacial score (nSPS) is 25.7. The van der Waals surface area contributed by atoms with Crippen molar-refractivity contribution in [2.24, 2.45) is 0 Å². The van der Waals surface area contributed by atoms with Gasteiger partial charge in [0, 0.05) is 11.8 Å². The van der Waals surface area contributed by atoms with Gasteiger partial charge in [0.15, 0.2) is 12.4 Å². The van der Waals surface area contributed by atoms with Crippen molar-refractivity contribution >= 4 is 11.7 Å². The van der Waals surface area contributed by atoms with Crippen LogP contribution in [0.5, 0.6) is 0 Å². The second-order valence-corrected chi connectivity index (χ2v) is 5.51. The zero-order valence-electron chi connectivity index (χ0n) is 12.9. The van der Waals surface area contributed by atoms with Crippen LogP contribution in [0.3, 0.4) is 0 Å². The maximum atomic E-state index is 13.8. The highest BCUT2D eigenvalue weighted by Crippen LogP contribution is 2.30. The molecule has 9 heteroatoms. The molecule has 0 aliphatic carbocycles. The molecule has 1 amide bonds. The van der Waals surface area contributed by atoms with E-state index < -0.39 is 42.8 Å². The minimum atomic E-state index is -1.82. The van der Waals surface area contributed by atoms with Crippen molar-refractivity contribution in [1.82, 2.24) is 9.55 Å². The highest BCUT2D eigenvalue weighted by Gasteiger charge is 2.45. The lowest BCUT2D eigenvalue weighted by atomic mass is 10.1. The van der Waals surface area contributed by atoms with Crippen molar-refractivity contribution in [2.75, 3.05) is 11.9 Å². The van der Waals surface area contributed by atoms with Crippen LogP contribution in [0.15, 0.2) is 47.4 Å². The number of aromatic nitrogens is 2. The van der Waals surface area contributed by atoms with E-state index in [1.807, 2.05) is 0 Å². The Balaban J connectivity index is 1.78. The lowest BCUT2D eigenvalue weighted by molar-refractivity contribution is -0.0536. The van der Waals surface area contributed by atoms with Gasteiger partial charge in [0.1, 0.15) is 18.0 Å². The van der Waals surface area contributed by atoms with Crippen LogP contribution in [0, 0.1) is 0 Å². The van der Waals surface area contributed by atoms with Gasteiger partial charge in [-0.05, 0) is 18.2 Å². The summed E-state index contributed by atoms with van der Waals surface area (Å²) in [6.07, 6.45) is -4.72. The molecule has 8 nitrogen and oxygen atoms in total. The Bertz CT molecular complexity index is 813. The minimum Gasteiger partial charge on any atom is -0.394 e. The van der Waals surface area contributed by atoms with Gasteiger partial charge in [-0.3, -0.25) is 9.36 Å². The van der Waals surface area contributed by atoms with Crippen molar-refractivity contribution < 1.29 is 24.1 Å². The largest absolute Gasteiger partial charge is 0.394 e. The molecule has 4 atom stereocenters. The summed E-state index contributed by atoms with van der Waals surface area (Å²) in [6, 6.07) is 9.71. The Morgan fingerprint density at radius 3 is 2.64 bits per heavy atom. The fraction of sp³-hybridized carbons (Fsp3) is 0.312. The maximum absolute atomic E-state index is 13.8. The smallest absolute Gasteiger partial charge is 0.351 e. The minimum absolute atomic E-state index is 0.0121. The number of hydrogen-bond acceptors (Lipinski definition) is 6. The molecule has 1 aliphatic heterocycles. The summed E-state index contributed by atoms with van der Waals surface area (Å²) >= 11 is 0. The number of alkyl halides is 1. The topological polar surface area (TPSA) is 114 Å². The van der Waals surface area contributed by atoms with E-state index in [9.17, 15) is 19.1 Å². The van der Waals surface area contributed by atoms with Crippen LogP contribution in [0.4, 0.5) is 10.2 Å². The summed E-state index contributed by atoms with van der Waals surface area (Å²) in [4.78, 5) is 27.9. The van der Waals surface area contributed by atoms with E-state index in [2.05, 4.69) is 10.3 Å². The number of aliphatic hydroxyl groups excluding tert-OH is 2. The number of nitrogens with zero attached hydrogens (tertiary/aromatic N) is 2. The van der Waals surface area contributed by atoms with E-state index in [4.69, 9.17) is 9.84 Å². The third-order valence-electron chi connectivity index (χ3n) is 3.85. The SMILES string of the molecule is O=C(Nc1ccn([C@@H]2O[C@H](CO)[C@@H](F)[C@H]2O)c(=O)n1)c1ccccc1. The summed E-state index contributed by atoms with van der Waals surface area (Å²) in [7, 11) is 0. The molecule has 0 unspecified atom stereocenters. The van der Waals surface area contributed by atoms with Crippen LogP contribution in [-0.2, 0) is 4.74 Å². The monoisotopic (exact) mass is 349 g/mol. The Hall–Kier alpha value is -2.62. The lowest BCUT2D eigenvalue weighted by Gasteiger charge is -2.17. The van der Waals surface area contributed by atoms with Crippen molar-refractivity contribution in [3.63, 3.8) is 0 Å².